The Hall–Kier alpha value is -1.17. The van der Waals surface area contributed by atoms with Gasteiger partial charge in [-0.1, -0.05) is 36.4 Å². The zero-order chi connectivity index (χ0) is 18.6. The number of unbranched alkanes of at least 4 members (excludes halogenated alkanes) is 2. The number of hydrogen-bond acceptors (Lipinski definition) is 4. The molecule has 0 amide bonds. The molecule has 0 unspecified atom stereocenters. The molecule has 2 aromatic carbocycles. The van der Waals surface area contributed by atoms with E-state index < -0.39 is 0 Å². The molecule has 0 radical (unpaired) electrons. The predicted octanol–water partition coefficient (Wildman–Crippen LogP) is 3.41. The zero-order valence-electron chi connectivity index (χ0n) is 17.1. The van der Waals surface area contributed by atoms with E-state index in [4.69, 9.17) is 0 Å². The van der Waals surface area contributed by atoms with Crippen LogP contribution in [0.3, 0.4) is 0 Å². The summed E-state index contributed by atoms with van der Waals surface area (Å²) in [7, 11) is 0. The minimum atomic E-state index is 0. The van der Waals surface area contributed by atoms with Gasteiger partial charge in [0.25, 0.3) is 0 Å². The molecule has 0 aromatic heterocycles. The van der Waals surface area contributed by atoms with Gasteiger partial charge in [0.05, 0.1) is 0 Å². The summed E-state index contributed by atoms with van der Waals surface area (Å²) in [4.78, 5) is 2.58. The van der Waals surface area contributed by atoms with Crippen LogP contribution < -0.4 is 16.0 Å². The van der Waals surface area contributed by atoms with Crippen molar-refractivity contribution in [2.75, 3.05) is 52.4 Å². The molecule has 4 nitrogen and oxygen atoms in total. The average molecular weight is 405 g/mol. The molecule has 156 valence electrons. The van der Waals surface area contributed by atoms with Crippen molar-refractivity contribution in [2.24, 2.45) is 0 Å². The van der Waals surface area contributed by atoms with Crippen LogP contribution in [0.1, 0.15) is 31.2 Å². The van der Waals surface area contributed by atoms with Gasteiger partial charge in [-0.2, -0.15) is 0 Å². The van der Waals surface area contributed by atoms with Gasteiger partial charge in [0, 0.05) is 32.7 Å². The molecule has 0 aliphatic carbocycles. The lowest BCUT2D eigenvalue weighted by Gasteiger charge is -2.27. The Kier molecular flexibility index (Phi) is 11.5. The predicted molar refractivity (Wildman–Crippen MR) is 124 cm³/mol. The van der Waals surface area contributed by atoms with Gasteiger partial charge >= 0.3 is 0 Å². The van der Waals surface area contributed by atoms with Crippen molar-refractivity contribution in [2.45, 2.75) is 32.2 Å². The molecule has 2 aromatic rings. The van der Waals surface area contributed by atoms with Gasteiger partial charge < -0.3 is 20.9 Å². The highest BCUT2D eigenvalue weighted by atomic mass is 35.5. The molecule has 1 aliphatic rings. The highest BCUT2D eigenvalue weighted by Gasteiger charge is 2.07. The molecule has 3 rings (SSSR count). The third-order valence-corrected chi connectivity index (χ3v) is 5.39. The number of nitrogens with one attached hydrogen (secondary N) is 3. The number of fused-ring (bicyclic) bond motifs is 1. The van der Waals surface area contributed by atoms with Crippen LogP contribution in [0, 0.1) is 0 Å². The third-order valence-electron chi connectivity index (χ3n) is 5.39. The van der Waals surface area contributed by atoms with Gasteiger partial charge in [-0.15, -0.1) is 12.4 Å². The zero-order valence-corrected chi connectivity index (χ0v) is 17.9. The number of hydrogen-bond donors (Lipinski definition) is 3. The SMILES string of the molecule is Cl.c1ccc2cc(CNCCCCNCCCCN3CCNCC3)ccc2c1. The summed E-state index contributed by atoms with van der Waals surface area (Å²) in [5.74, 6) is 0. The summed E-state index contributed by atoms with van der Waals surface area (Å²) in [5, 5.41) is 13.2. The van der Waals surface area contributed by atoms with Crippen molar-refractivity contribution in [1.82, 2.24) is 20.9 Å². The van der Waals surface area contributed by atoms with Crippen LogP contribution in [0.4, 0.5) is 0 Å². The largest absolute Gasteiger partial charge is 0.317 e. The number of nitrogens with zero attached hydrogens (tertiary/aromatic N) is 1. The van der Waals surface area contributed by atoms with Gasteiger partial charge in [0.2, 0.25) is 0 Å². The van der Waals surface area contributed by atoms with E-state index in [1.807, 2.05) is 0 Å². The van der Waals surface area contributed by atoms with Crippen molar-refractivity contribution in [3.05, 3.63) is 48.0 Å². The maximum Gasteiger partial charge on any atom is 0.0205 e. The first-order valence-corrected chi connectivity index (χ1v) is 10.7. The lowest BCUT2D eigenvalue weighted by molar-refractivity contribution is 0.236. The first-order valence-electron chi connectivity index (χ1n) is 10.7. The van der Waals surface area contributed by atoms with Crippen LogP contribution in [0.2, 0.25) is 0 Å². The van der Waals surface area contributed by atoms with Crippen molar-refractivity contribution in [1.29, 1.82) is 0 Å². The Morgan fingerprint density at radius 1 is 0.786 bits per heavy atom. The first kappa shape index (κ1) is 23.1. The molecule has 0 bridgehead atoms. The van der Waals surface area contributed by atoms with Crippen LogP contribution in [-0.2, 0) is 6.54 Å². The Morgan fingerprint density at radius 2 is 1.46 bits per heavy atom. The summed E-state index contributed by atoms with van der Waals surface area (Å²) >= 11 is 0. The number of halogens is 1. The maximum absolute atomic E-state index is 3.59. The van der Waals surface area contributed by atoms with Gasteiger partial charge in [0.1, 0.15) is 0 Å². The van der Waals surface area contributed by atoms with Gasteiger partial charge in [-0.05, 0) is 74.3 Å². The normalized spacial score (nSPS) is 14.9. The summed E-state index contributed by atoms with van der Waals surface area (Å²) in [6.45, 7) is 10.4. The van der Waals surface area contributed by atoms with Crippen molar-refractivity contribution < 1.29 is 0 Å². The van der Waals surface area contributed by atoms with Crippen LogP contribution >= 0.6 is 12.4 Å². The van der Waals surface area contributed by atoms with E-state index in [1.54, 1.807) is 0 Å². The van der Waals surface area contributed by atoms with Crippen molar-refractivity contribution in [3.8, 4) is 0 Å². The van der Waals surface area contributed by atoms with Gasteiger partial charge in [0.15, 0.2) is 0 Å². The Labute approximate surface area is 176 Å². The average Bonchev–Trinajstić information content (AvgIpc) is 2.72. The van der Waals surface area contributed by atoms with Gasteiger partial charge in [-0.25, -0.2) is 0 Å². The fourth-order valence-electron chi connectivity index (χ4n) is 3.73. The highest BCUT2D eigenvalue weighted by Crippen LogP contribution is 2.15. The second-order valence-electron chi connectivity index (χ2n) is 7.61. The summed E-state index contributed by atoms with van der Waals surface area (Å²) in [6.07, 6.45) is 5.11. The van der Waals surface area contributed by atoms with E-state index in [-0.39, 0.29) is 12.4 Å². The molecule has 5 heteroatoms. The minimum absolute atomic E-state index is 0. The van der Waals surface area contributed by atoms with E-state index in [0.29, 0.717) is 0 Å². The van der Waals surface area contributed by atoms with Crippen LogP contribution in [0.25, 0.3) is 10.8 Å². The fourth-order valence-corrected chi connectivity index (χ4v) is 3.73. The quantitative estimate of drug-likeness (QED) is 0.474. The molecule has 3 N–H and O–H groups in total. The molecule has 1 aliphatic heterocycles. The fraction of sp³-hybridized carbons (Fsp3) is 0.565. The molecule has 1 heterocycles. The summed E-state index contributed by atoms with van der Waals surface area (Å²) in [6, 6.07) is 15.3. The molecule has 1 fully saturated rings. The topological polar surface area (TPSA) is 39.3 Å². The monoisotopic (exact) mass is 404 g/mol. The van der Waals surface area contributed by atoms with Crippen LogP contribution in [0.15, 0.2) is 42.5 Å². The molecular formula is C23H37ClN4. The molecule has 28 heavy (non-hydrogen) atoms. The van der Waals surface area contributed by atoms with E-state index in [0.717, 1.165) is 39.3 Å². The third kappa shape index (κ3) is 8.46. The summed E-state index contributed by atoms with van der Waals surface area (Å²) < 4.78 is 0. The Balaban J connectivity index is 0.00000280. The van der Waals surface area contributed by atoms with Gasteiger partial charge in [-0.3, -0.25) is 0 Å². The second kappa shape index (κ2) is 13.9. The van der Waals surface area contributed by atoms with Crippen molar-refractivity contribution in [3.63, 3.8) is 0 Å². The maximum atomic E-state index is 3.59. The van der Waals surface area contributed by atoms with E-state index in [1.165, 1.54) is 61.7 Å². The van der Waals surface area contributed by atoms with E-state index >= 15 is 0 Å². The molecule has 0 atom stereocenters. The highest BCUT2D eigenvalue weighted by molar-refractivity contribution is 5.85. The second-order valence-corrected chi connectivity index (χ2v) is 7.61. The van der Waals surface area contributed by atoms with Crippen LogP contribution in [0.5, 0.6) is 0 Å². The standard InChI is InChI=1S/C23H36N4.ClH/c1-2-8-23-19-21(9-10-22(23)7-1)20-26-13-4-3-11-24-12-5-6-16-27-17-14-25-15-18-27;/h1-2,7-10,19,24-26H,3-6,11-18,20H2;1H. The Morgan fingerprint density at radius 3 is 2.25 bits per heavy atom. The molecule has 1 saturated heterocycles. The first-order chi connectivity index (χ1) is 13.4. The molecule has 0 saturated carbocycles. The number of piperazine rings is 1. The minimum Gasteiger partial charge on any atom is -0.317 e. The lowest BCUT2D eigenvalue weighted by Crippen LogP contribution is -2.43. The van der Waals surface area contributed by atoms with Crippen molar-refractivity contribution >= 4 is 23.2 Å². The summed E-state index contributed by atoms with van der Waals surface area (Å²) in [5.41, 5.74) is 1.37. The van der Waals surface area contributed by atoms with Crippen LogP contribution in [-0.4, -0.2) is 57.3 Å². The lowest BCUT2D eigenvalue weighted by atomic mass is 10.1. The molecule has 0 spiro atoms. The smallest absolute Gasteiger partial charge is 0.0205 e. The molecular weight excluding hydrogens is 368 g/mol. The number of rotatable bonds is 12. The number of benzene rings is 2. The van der Waals surface area contributed by atoms with E-state index in [2.05, 4.69) is 63.3 Å². The van der Waals surface area contributed by atoms with E-state index in [9.17, 15) is 0 Å². The Bertz CT molecular complexity index is 658.